The lowest BCUT2D eigenvalue weighted by Crippen LogP contribution is -2.43. The molecule has 0 spiro atoms. The van der Waals surface area contributed by atoms with Crippen LogP contribution in [0.4, 0.5) is 29.3 Å². The molecule has 2 aromatic rings. The standard InChI is InChI=1S/C17H16F3N3O3/c1-11(21-16(25)23-12-5-3-2-4-6-12)15(24)22-13-7-9-14(10-8-13)26-17(18,19)20/h2-11H,1H3,(H,22,24)(H2,21,23,25)/t11-/m1/s1. The van der Waals surface area contributed by atoms with Crippen LogP contribution in [0.2, 0.25) is 0 Å². The molecule has 3 amide bonds. The molecular formula is C17H16F3N3O3. The first kappa shape index (κ1) is 19.1. The second-order valence-corrected chi connectivity index (χ2v) is 5.25. The smallest absolute Gasteiger partial charge is 0.406 e. The minimum Gasteiger partial charge on any atom is -0.406 e. The first-order valence-corrected chi connectivity index (χ1v) is 7.52. The molecule has 0 saturated heterocycles. The molecule has 0 heterocycles. The summed E-state index contributed by atoms with van der Waals surface area (Å²) < 4.78 is 40.0. The lowest BCUT2D eigenvalue weighted by molar-refractivity contribution is -0.274. The molecular weight excluding hydrogens is 351 g/mol. The SMILES string of the molecule is C[C@@H](NC(=O)Nc1ccccc1)C(=O)Nc1ccc(OC(F)(F)F)cc1. The highest BCUT2D eigenvalue weighted by Gasteiger charge is 2.31. The lowest BCUT2D eigenvalue weighted by Gasteiger charge is -2.15. The van der Waals surface area contributed by atoms with E-state index in [0.717, 1.165) is 12.1 Å². The molecule has 1 atom stereocenters. The maximum atomic E-state index is 12.1. The highest BCUT2D eigenvalue weighted by atomic mass is 19.4. The zero-order chi connectivity index (χ0) is 19.2. The third-order valence-corrected chi connectivity index (χ3v) is 3.13. The van der Waals surface area contributed by atoms with E-state index in [1.165, 1.54) is 19.1 Å². The molecule has 26 heavy (non-hydrogen) atoms. The van der Waals surface area contributed by atoms with E-state index in [1.54, 1.807) is 30.3 Å². The Labute approximate surface area is 147 Å². The van der Waals surface area contributed by atoms with Gasteiger partial charge in [0.15, 0.2) is 0 Å². The number of carbonyl (C=O) groups is 2. The fraction of sp³-hybridized carbons (Fsp3) is 0.176. The number of rotatable bonds is 5. The quantitative estimate of drug-likeness (QED) is 0.753. The van der Waals surface area contributed by atoms with Crippen molar-refractivity contribution in [3.63, 3.8) is 0 Å². The summed E-state index contributed by atoms with van der Waals surface area (Å²) in [5.41, 5.74) is 0.833. The van der Waals surface area contributed by atoms with E-state index >= 15 is 0 Å². The minimum absolute atomic E-state index is 0.265. The minimum atomic E-state index is -4.78. The molecule has 6 nitrogen and oxygen atoms in total. The normalized spacial score (nSPS) is 12.0. The number of amides is 3. The monoisotopic (exact) mass is 367 g/mol. The summed E-state index contributed by atoms with van der Waals surface area (Å²) in [6.45, 7) is 1.47. The molecule has 0 aromatic heterocycles. The number of nitrogens with one attached hydrogen (secondary N) is 3. The van der Waals surface area contributed by atoms with Crippen molar-refractivity contribution < 1.29 is 27.5 Å². The first-order chi connectivity index (χ1) is 12.2. The van der Waals surface area contributed by atoms with Gasteiger partial charge in [-0.05, 0) is 43.3 Å². The van der Waals surface area contributed by atoms with E-state index in [0.29, 0.717) is 5.69 Å². The van der Waals surface area contributed by atoms with Crippen molar-refractivity contribution in [2.75, 3.05) is 10.6 Å². The first-order valence-electron chi connectivity index (χ1n) is 7.52. The number of ether oxygens (including phenoxy) is 1. The molecule has 2 rings (SSSR count). The van der Waals surface area contributed by atoms with E-state index < -0.39 is 30.1 Å². The number of benzene rings is 2. The van der Waals surface area contributed by atoms with E-state index in [2.05, 4.69) is 20.7 Å². The summed E-state index contributed by atoms with van der Waals surface area (Å²) in [6, 6.07) is 11.9. The lowest BCUT2D eigenvalue weighted by atomic mass is 10.2. The van der Waals surface area contributed by atoms with Gasteiger partial charge in [-0.1, -0.05) is 18.2 Å². The highest BCUT2D eigenvalue weighted by molar-refractivity contribution is 5.98. The van der Waals surface area contributed by atoms with Crippen molar-refractivity contribution >= 4 is 23.3 Å². The third-order valence-electron chi connectivity index (χ3n) is 3.13. The molecule has 0 aliphatic heterocycles. The van der Waals surface area contributed by atoms with Crippen molar-refractivity contribution in [3.8, 4) is 5.75 Å². The van der Waals surface area contributed by atoms with Gasteiger partial charge in [0.05, 0.1) is 0 Å². The molecule has 0 saturated carbocycles. The highest BCUT2D eigenvalue weighted by Crippen LogP contribution is 2.23. The van der Waals surface area contributed by atoms with Crippen LogP contribution in [0.25, 0.3) is 0 Å². The van der Waals surface area contributed by atoms with Crippen molar-refractivity contribution in [2.24, 2.45) is 0 Å². The zero-order valence-electron chi connectivity index (χ0n) is 13.6. The third kappa shape index (κ3) is 6.34. The van der Waals surface area contributed by atoms with Crippen LogP contribution in [-0.4, -0.2) is 24.3 Å². The number of anilines is 2. The van der Waals surface area contributed by atoms with Crippen LogP contribution < -0.4 is 20.7 Å². The topological polar surface area (TPSA) is 79.5 Å². The van der Waals surface area contributed by atoms with Gasteiger partial charge in [-0.15, -0.1) is 13.2 Å². The summed E-state index contributed by atoms with van der Waals surface area (Å²) in [7, 11) is 0. The fourth-order valence-corrected chi connectivity index (χ4v) is 1.94. The maximum Gasteiger partial charge on any atom is 0.573 e. The van der Waals surface area contributed by atoms with Crippen LogP contribution in [0.3, 0.4) is 0 Å². The number of hydrogen-bond donors (Lipinski definition) is 3. The maximum absolute atomic E-state index is 12.1. The van der Waals surface area contributed by atoms with Gasteiger partial charge in [-0.2, -0.15) is 0 Å². The fourth-order valence-electron chi connectivity index (χ4n) is 1.94. The molecule has 0 aliphatic carbocycles. The van der Waals surface area contributed by atoms with Gasteiger partial charge < -0.3 is 20.7 Å². The number of hydrogen-bond acceptors (Lipinski definition) is 3. The van der Waals surface area contributed by atoms with Crippen LogP contribution in [0.1, 0.15) is 6.92 Å². The van der Waals surface area contributed by atoms with Crippen LogP contribution in [0.15, 0.2) is 54.6 Å². The Balaban J connectivity index is 1.85. The molecule has 2 aromatic carbocycles. The molecule has 0 aliphatic rings. The molecule has 0 fully saturated rings. The largest absolute Gasteiger partial charge is 0.573 e. The summed E-state index contributed by atoms with van der Waals surface area (Å²) in [5, 5.41) is 7.51. The molecule has 0 unspecified atom stereocenters. The summed E-state index contributed by atoms with van der Waals surface area (Å²) in [6.07, 6.45) is -4.78. The Morgan fingerprint density at radius 1 is 0.923 bits per heavy atom. The van der Waals surface area contributed by atoms with Crippen LogP contribution in [-0.2, 0) is 4.79 Å². The van der Waals surface area contributed by atoms with Crippen LogP contribution in [0.5, 0.6) is 5.75 Å². The van der Waals surface area contributed by atoms with Crippen LogP contribution in [0, 0.1) is 0 Å². The number of urea groups is 1. The number of alkyl halides is 3. The predicted octanol–water partition coefficient (Wildman–Crippen LogP) is 3.73. The second kappa shape index (κ2) is 8.24. The summed E-state index contributed by atoms with van der Waals surface area (Å²) in [5.74, 6) is -0.929. The van der Waals surface area contributed by atoms with Crippen molar-refractivity contribution in [2.45, 2.75) is 19.3 Å². The van der Waals surface area contributed by atoms with Gasteiger partial charge in [-0.3, -0.25) is 4.79 Å². The average Bonchev–Trinajstić information content (AvgIpc) is 2.56. The van der Waals surface area contributed by atoms with Gasteiger partial charge in [0.1, 0.15) is 11.8 Å². The molecule has 138 valence electrons. The van der Waals surface area contributed by atoms with Crippen LogP contribution >= 0.6 is 0 Å². The molecule has 9 heteroatoms. The molecule has 0 radical (unpaired) electrons. The van der Waals surface area contributed by atoms with Crippen molar-refractivity contribution in [1.29, 1.82) is 0 Å². The van der Waals surface area contributed by atoms with E-state index in [9.17, 15) is 22.8 Å². The predicted molar refractivity (Wildman–Crippen MR) is 89.8 cm³/mol. The van der Waals surface area contributed by atoms with Crippen molar-refractivity contribution in [3.05, 3.63) is 54.6 Å². The van der Waals surface area contributed by atoms with Gasteiger partial charge in [-0.25, -0.2) is 4.79 Å². The summed E-state index contributed by atoms with van der Waals surface area (Å²) >= 11 is 0. The molecule has 0 bridgehead atoms. The Morgan fingerprint density at radius 3 is 2.08 bits per heavy atom. The van der Waals surface area contributed by atoms with Gasteiger partial charge in [0.25, 0.3) is 0 Å². The Morgan fingerprint density at radius 2 is 1.50 bits per heavy atom. The number of halogens is 3. The summed E-state index contributed by atoms with van der Waals surface area (Å²) in [4.78, 5) is 23.9. The van der Waals surface area contributed by atoms with E-state index in [1.807, 2.05) is 0 Å². The average molecular weight is 367 g/mol. The van der Waals surface area contributed by atoms with Gasteiger partial charge >= 0.3 is 12.4 Å². The van der Waals surface area contributed by atoms with E-state index in [-0.39, 0.29) is 5.69 Å². The Bertz CT molecular complexity index is 749. The zero-order valence-corrected chi connectivity index (χ0v) is 13.6. The number of carbonyl (C=O) groups excluding carboxylic acids is 2. The Kier molecular flexibility index (Phi) is 6.05. The Hall–Kier alpha value is -3.23. The molecule has 3 N–H and O–H groups in total. The van der Waals surface area contributed by atoms with Gasteiger partial charge in [0, 0.05) is 11.4 Å². The number of para-hydroxylation sites is 1. The van der Waals surface area contributed by atoms with Gasteiger partial charge in [0.2, 0.25) is 5.91 Å². The van der Waals surface area contributed by atoms with Crippen molar-refractivity contribution in [1.82, 2.24) is 5.32 Å². The van der Waals surface area contributed by atoms with E-state index in [4.69, 9.17) is 0 Å². The second-order valence-electron chi connectivity index (χ2n) is 5.25.